The van der Waals surface area contributed by atoms with E-state index in [-0.39, 0.29) is 18.1 Å². The summed E-state index contributed by atoms with van der Waals surface area (Å²) in [6.45, 7) is -1.08. The van der Waals surface area contributed by atoms with Crippen molar-refractivity contribution in [3.63, 3.8) is 0 Å². The van der Waals surface area contributed by atoms with Gasteiger partial charge in [-0.05, 0) is 12.1 Å². The molecule has 21 heavy (non-hydrogen) atoms. The number of rotatable bonds is 7. The Balaban J connectivity index is 2.61. The number of nitrogens with one attached hydrogen (secondary N) is 1. The van der Waals surface area contributed by atoms with Crippen molar-refractivity contribution in [1.82, 2.24) is 10.2 Å². The van der Waals surface area contributed by atoms with Gasteiger partial charge in [0.25, 0.3) is 0 Å². The fraction of sp³-hybridized carbons (Fsp3) is 0.273. The number of carbonyl (C=O) groups is 4. The lowest BCUT2D eigenvalue weighted by Crippen LogP contribution is -2.47. The lowest BCUT2D eigenvalue weighted by atomic mass is 10.4. The van der Waals surface area contributed by atoms with Gasteiger partial charge in [-0.15, -0.1) is 0 Å². The van der Waals surface area contributed by atoms with Crippen molar-refractivity contribution in [2.75, 3.05) is 13.1 Å². The molecule has 0 bridgehead atoms. The van der Waals surface area contributed by atoms with E-state index in [1.807, 2.05) is 0 Å². The van der Waals surface area contributed by atoms with Gasteiger partial charge < -0.3 is 31.2 Å². The maximum absolute atomic E-state index is 11.8. The Bertz CT molecular complexity index is 551. The Morgan fingerprint density at radius 2 is 1.71 bits per heavy atom. The number of carboxylic acids is 1. The predicted molar refractivity (Wildman–Crippen MR) is 67.9 cm³/mol. The molecule has 0 aliphatic carbocycles. The van der Waals surface area contributed by atoms with Crippen molar-refractivity contribution in [2.45, 2.75) is 6.54 Å². The average Bonchev–Trinajstić information content (AvgIpc) is 2.82. The molecule has 0 fully saturated rings. The van der Waals surface area contributed by atoms with E-state index in [1.54, 1.807) is 0 Å². The van der Waals surface area contributed by atoms with Gasteiger partial charge in [-0.2, -0.15) is 0 Å². The van der Waals surface area contributed by atoms with Crippen molar-refractivity contribution in [3.05, 3.63) is 23.7 Å². The van der Waals surface area contributed by atoms with Crippen LogP contribution in [0.3, 0.4) is 0 Å². The van der Waals surface area contributed by atoms with Crippen molar-refractivity contribution in [2.24, 2.45) is 11.5 Å². The number of aromatic carboxylic acids is 1. The van der Waals surface area contributed by atoms with Gasteiger partial charge in [0.2, 0.25) is 17.6 Å². The van der Waals surface area contributed by atoms with E-state index >= 15 is 0 Å². The molecule has 1 heterocycles. The Morgan fingerprint density at radius 3 is 2.14 bits per heavy atom. The zero-order valence-electron chi connectivity index (χ0n) is 10.9. The molecule has 0 aromatic carbocycles. The first-order valence-corrected chi connectivity index (χ1v) is 5.71. The summed E-state index contributed by atoms with van der Waals surface area (Å²) in [5.74, 6) is -2.93. The molecule has 0 spiro atoms. The number of primary amides is 2. The Kier molecular flexibility index (Phi) is 5.29. The van der Waals surface area contributed by atoms with E-state index in [1.165, 1.54) is 12.1 Å². The van der Waals surface area contributed by atoms with Crippen LogP contribution in [0.5, 0.6) is 0 Å². The van der Waals surface area contributed by atoms with Crippen LogP contribution in [0.1, 0.15) is 16.3 Å². The molecule has 1 rings (SSSR count). The Morgan fingerprint density at radius 1 is 1.14 bits per heavy atom. The van der Waals surface area contributed by atoms with Gasteiger partial charge >= 0.3 is 12.0 Å². The molecule has 0 aliphatic rings. The topological polar surface area (TPSA) is 169 Å². The van der Waals surface area contributed by atoms with Crippen LogP contribution in [0.4, 0.5) is 4.79 Å². The zero-order valence-corrected chi connectivity index (χ0v) is 10.9. The van der Waals surface area contributed by atoms with Gasteiger partial charge in [-0.1, -0.05) is 0 Å². The molecule has 114 valence electrons. The third-order valence-corrected chi connectivity index (χ3v) is 2.27. The molecule has 0 saturated heterocycles. The van der Waals surface area contributed by atoms with Crippen molar-refractivity contribution in [1.29, 1.82) is 0 Å². The van der Waals surface area contributed by atoms with E-state index in [2.05, 4.69) is 5.32 Å². The molecule has 0 saturated carbocycles. The summed E-state index contributed by atoms with van der Waals surface area (Å²) >= 11 is 0. The molecule has 4 amide bonds. The number of hydrogen-bond acceptors (Lipinski definition) is 5. The number of carboxylic acid groups (broad SMARTS) is 1. The summed E-state index contributed by atoms with van der Waals surface area (Å²) in [5, 5.41) is 11.0. The quantitative estimate of drug-likeness (QED) is 0.475. The first-order chi connectivity index (χ1) is 9.79. The maximum Gasteiger partial charge on any atom is 0.371 e. The first kappa shape index (κ1) is 16.0. The zero-order chi connectivity index (χ0) is 16.0. The molecule has 0 unspecified atom stereocenters. The second-order valence-electron chi connectivity index (χ2n) is 4.02. The van der Waals surface area contributed by atoms with Crippen LogP contribution < -0.4 is 16.8 Å². The Hall–Kier alpha value is -3.04. The normalized spacial score (nSPS) is 9.90. The lowest BCUT2D eigenvalue weighted by Gasteiger charge is -2.19. The van der Waals surface area contributed by atoms with Gasteiger partial charge in [0.15, 0.2) is 0 Å². The van der Waals surface area contributed by atoms with Gasteiger partial charge in [-0.3, -0.25) is 9.59 Å². The van der Waals surface area contributed by atoms with E-state index in [9.17, 15) is 19.2 Å². The third-order valence-electron chi connectivity index (χ3n) is 2.27. The fourth-order valence-electron chi connectivity index (χ4n) is 1.44. The third kappa shape index (κ3) is 5.22. The number of urea groups is 1. The first-order valence-electron chi connectivity index (χ1n) is 5.71. The van der Waals surface area contributed by atoms with Gasteiger partial charge in [0.05, 0.1) is 6.54 Å². The van der Waals surface area contributed by atoms with Crippen LogP contribution in [0.2, 0.25) is 0 Å². The van der Waals surface area contributed by atoms with E-state index in [0.29, 0.717) is 0 Å². The minimum atomic E-state index is -1.24. The molecule has 10 heteroatoms. The second-order valence-corrected chi connectivity index (χ2v) is 4.02. The van der Waals surface area contributed by atoms with Crippen LogP contribution in [-0.2, 0) is 16.1 Å². The summed E-state index contributed by atoms with van der Waals surface area (Å²) < 4.78 is 4.92. The fourth-order valence-corrected chi connectivity index (χ4v) is 1.44. The Labute approximate surface area is 118 Å². The number of carbonyl (C=O) groups excluding carboxylic acids is 3. The molecule has 0 atom stereocenters. The van der Waals surface area contributed by atoms with E-state index < -0.39 is 36.9 Å². The minimum absolute atomic E-state index is 0.125. The van der Waals surface area contributed by atoms with Crippen LogP contribution in [0.15, 0.2) is 16.5 Å². The standard InChI is InChI=1S/C11H14N4O6/c12-8(16)4-15(5-9(13)17)11(20)14-3-6-1-2-7(21-6)10(18)19/h1-2H,3-5H2,(H2,12,16)(H2,13,17)(H,14,20)(H,18,19). The molecular weight excluding hydrogens is 284 g/mol. The lowest BCUT2D eigenvalue weighted by molar-refractivity contribution is -0.120. The van der Waals surface area contributed by atoms with Crippen LogP contribution in [0, 0.1) is 0 Å². The number of amides is 4. The molecule has 0 radical (unpaired) electrons. The highest BCUT2D eigenvalue weighted by molar-refractivity contribution is 5.87. The highest BCUT2D eigenvalue weighted by Gasteiger charge is 2.18. The van der Waals surface area contributed by atoms with E-state index in [0.717, 1.165) is 4.90 Å². The summed E-state index contributed by atoms with van der Waals surface area (Å²) in [6, 6.07) is 1.84. The number of nitrogens with zero attached hydrogens (tertiary/aromatic N) is 1. The summed E-state index contributed by atoms with van der Waals surface area (Å²) in [7, 11) is 0. The van der Waals surface area contributed by atoms with Crippen LogP contribution in [0.25, 0.3) is 0 Å². The van der Waals surface area contributed by atoms with Gasteiger partial charge in [0, 0.05) is 0 Å². The number of hydrogen-bond donors (Lipinski definition) is 4. The monoisotopic (exact) mass is 298 g/mol. The number of nitrogens with two attached hydrogens (primary N) is 2. The molecule has 1 aromatic rings. The van der Waals surface area contributed by atoms with Crippen LogP contribution in [-0.4, -0.2) is 46.9 Å². The molecular formula is C11H14N4O6. The smallest absolute Gasteiger partial charge is 0.371 e. The van der Waals surface area contributed by atoms with Crippen molar-refractivity contribution >= 4 is 23.8 Å². The molecule has 10 nitrogen and oxygen atoms in total. The highest BCUT2D eigenvalue weighted by Crippen LogP contribution is 2.07. The molecule has 6 N–H and O–H groups in total. The summed E-state index contributed by atoms with van der Waals surface area (Å²) in [4.78, 5) is 44.8. The predicted octanol–water partition coefficient (Wildman–Crippen LogP) is -1.54. The second kappa shape index (κ2) is 6.93. The largest absolute Gasteiger partial charge is 0.475 e. The van der Waals surface area contributed by atoms with E-state index in [4.69, 9.17) is 21.0 Å². The van der Waals surface area contributed by atoms with Gasteiger partial charge in [0.1, 0.15) is 18.8 Å². The van der Waals surface area contributed by atoms with Crippen LogP contribution >= 0.6 is 0 Å². The minimum Gasteiger partial charge on any atom is -0.475 e. The maximum atomic E-state index is 11.8. The summed E-state index contributed by atoms with van der Waals surface area (Å²) in [6.07, 6.45) is 0. The molecule has 0 aliphatic heterocycles. The van der Waals surface area contributed by atoms with Crippen molar-refractivity contribution in [3.8, 4) is 0 Å². The number of furan rings is 1. The van der Waals surface area contributed by atoms with Crippen molar-refractivity contribution < 1.29 is 28.7 Å². The van der Waals surface area contributed by atoms with Gasteiger partial charge in [-0.25, -0.2) is 9.59 Å². The average molecular weight is 298 g/mol. The molecule has 1 aromatic heterocycles. The highest BCUT2D eigenvalue weighted by atomic mass is 16.4. The SMILES string of the molecule is NC(=O)CN(CC(N)=O)C(=O)NCc1ccc(C(=O)O)o1. The summed E-state index contributed by atoms with van der Waals surface area (Å²) in [5.41, 5.74) is 9.91.